The Labute approximate surface area is 117 Å². The van der Waals surface area contributed by atoms with Crippen molar-refractivity contribution in [2.45, 2.75) is 25.8 Å². The highest BCUT2D eigenvalue weighted by Gasteiger charge is 2.24. The first-order valence-corrected chi connectivity index (χ1v) is 7.29. The van der Waals surface area contributed by atoms with E-state index in [2.05, 4.69) is 28.2 Å². The van der Waals surface area contributed by atoms with Gasteiger partial charge in [0.15, 0.2) is 0 Å². The first-order chi connectivity index (χ1) is 8.72. The molecule has 1 N–H and O–H groups in total. The van der Waals surface area contributed by atoms with Crippen LogP contribution in [0, 0.1) is 0 Å². The van der Waals surface area contributed by atoms with Crippen molar-refractivity contribution in [1.29, 1.82) is 0 Å². The molecule has 0 atom stereocenters. The summed E-state index contributed by atoms with van der Waals surface area (Å²) in [6.07, 6.45) is 2.10. The minimum Gasteiger partial charge on any atom is -0.336 e. The van der Waals surface area contributed by atoms with E-state index in [1.165, 1.54) is 0 Å². The van der Waals surface area contributed by atoms with Crippen LogP contribution in [0.2, 0.25) is 0 Å². The first-order valence-electron chi connectivity index (χ1n) is 6.49. The number of nitrogens with zero attached hydrogens (tertiary/aromatic N) is 1. The third-order valence-corrected chi connectivity index (χ3v) is 3.97. The normalized spacial score (nSPS) is 16.6. The van der Waals surface area contributed by atoms with Gasteiger partial charge in [-0.3, -0.25) is 4.79 Å². The van der Waals surface area contributed by atoms with Crippen molar-refractivity contribution in [1.82, 2.24) is 10.2 Å². The molecule has 0 bridgehead atoms. The Morgan fingerprint density at radius 1 is 1.33 bits per heavy atom. The van der Waals surface area contributed by atoms with E-state index in [-0.39, 0.29) is 5.91 Å². The van der Waals surface area contributed by atoms with Crippen molar-refractivity contribution >= 4 is 21.8 Å². The highest BCUT2D eigenvalue weighted by molar-refractivity contribution is 9.10. The molecule has 0 unspecified atom stereocenters. The fraction of sp³-hybridized carbons (Fsp3) is 0.500. The molecule has 1 amide bonds. The van der Waals surface area contributed by atoms with Crippen LogP contribution in [-0.2, 0) is 0 Å². The highest BCUT2D eigenvalue weighted by atomic mass is 79.9. The Kier molecular flexibility index (Phi) is 4.78. The third kappa shape index (κ3) is 3.12. The molecular weight excluding hydrogens is 292 g/mol. The van der Waals surface area contributed by atoms with E-state index in [9.17, 15) is 4.79 Å². The Hall–Kier alpha value is -0.870. The molecule has 2 rings (SSSR count). The second kappa shape index (κ2) is 6.34. The highest BCUT2D eigenvalue weighted by Crippen LogP contribution is 2.17. The molecular formula is C14H19BrN2O. The van der Waals surface area contributed by atoms with Crippen molar-refractivity contribution < 1.29 is 4.79 Å². The molecule has 0 aliphatic carbocycles. The van der Waals surface area contributed by atoms with Crippen molar-refractivity contribution in [2.75, 3.05) is 19.6 Å². The van der Waals surface area contributed by atoms with Crippen LogP contribution in [0.25, 0.3) is 0 Å². The fourth-order valence-electron chi connectivity index (χ4n) is 2.44. The molecule has 1 aliphatic heterocycles. The number of halogens is 1. The summed E-state index contributed by atoms with van der Waals surface area (Å²) in [4.78, 5) is 14.5. The summed E-state index contributed by atoms with van der Waals surface area (Å²) in [5.41, 5.74) is 0.776. The van der Waals surface area contributed by atoms with Gasteiger partial charge in [-0.2, -0.15) is 0 Å². The molecule has 1 aromatic rings. The van der Waals surface area contributed by atoms with Gasteiger partial charge in [0.1, 0.15) is 0 Å². The van der Waals surface area contributed by atoms with Crippen LogP contribution < -0.4 is 5.32 Å². The molecule has 0 radical (unpaired) electrons. The van der Waals surface area contributed by atoms with E-state index in [1.807, 2.05) is 29.2 Å². The maximum atomic E-state index is 12.5. The number of nitrogens with one attached hydrogen (secondary N) is 1. The Bertz CT molecular complexity index is 399. The van der Waals surface area contributed by atoms with Gasteiger partial charge in [0.25, 0.3) is 5.91 Å². The molecule has 3 nitrogen and oxygen atoms in total. The first kappa shape index (κ1) is 13.6. The number of amides is 1. The maximum absolute atomic E-state index is 12.5. The number of rotatable bonds is 3. The smallest absolute Gasteiger partial charge is 0.254 e. The average molecular weight is 311 g/mol. The Morgan fingerprint density at radius 3 is 2.50 bits per heavy atom. The second-order valence-electron chi connectivity index (χ2n) is 4.58. The zero-order valence-electron chi connectivity index (χ0n) is 10.7. The number of carbonyl (C=O) groups is 1. The summed E-state index contributed by atoms with van der Waals surface area (Å²) >= 11 is 3.39. The van der Waals surface area contributed by atoms with Crippen LogP contribution >= 0.6 is 15.9 Å². The largest absolute Gasteiger partial charge is 0.336 e. The molecule has 0 saturated carbocycles. The van der Waals surface area contributed by atoms with Gasteiger partial charge in [-0.1, -0.05) is 15.9 Å². The summed E-state index contributed by atoms with van der Waals surface area (Å²) in [5, 5.41) is 3.34. The molecule has 98 valence electrons. The van der Waals surface area contributed by atoms with Gasteiger partial charge in [0.05, 0.1) is 0 Å². The SMILES string of the molecule is CCN(C(=O)c1ccc(Br)cc1)C1CCNCC1. The number of hydrogen-bond donors (Lipinski definition) is 1. The number of hydrogen-bond acceptors (Lipinski definition) is 2. The van der Waals surface area contributed by atoms with E-state index in [0.29, 0.717) is 6.04 Å². The lowest BCUT2D eigenvalue weighted by molar-refractivity contribution is 0.0656. The van der Waals surface area contributed by atoms with E-state index < -0.39 is 0 Å². The van der Waals surface area contributed by atoms with Crippen LogP contribution in [0.1, 0.15) is 30.1 Å². The van der Waals surface area contributed by atoms with E-state index >= 15 is 0 Å². The number of piperidine rings is 1. The monoisotopic (exact) mass is 310 g/mol. The van der Waals surface area contributed by atoms with Gasteiger partial charge in [-0.05, 0) is 57.1 Å². The lowest BCUT2D eigenvalue weighted by Gasteiger charge is -2.34. The maximum Gasteiger partial charge on any atom is 0.254 e. The van der Waals surface area contributed by atoms with Crippen LogP contribution in [-0.4, -0.2) is 36.5 Å². The van der Waals surface area contributed by atoms with Gasteiger partial charge in [-0.25, -0.2) is 0 Å². The fourth-order valence-corrected chi connectivity index (χ4v) is 2.71. The summed E-state index contributed by atoms with van der Waals surface area (Å²) in [6, 6.07) is 7.99. The predicted molar refractivity (Wildman–Crippen MR) is 76.7 cm³/mol. The molecule has 1 fully saturated rings. The summed E-state index contributed by atoms with van der Waals surface area (Å²) in [5.74, 6) is 0.150. The van der Waals surface area contributed by atoms with Crippen LogP contribution in [0.15, 0.2) is 28.7 Å². The molecule has 0 spiro atoms. The van der Waals surface area contributed by atoms with Crippen LogP contribution in [0.4, 0.5) is 0 Å². The lowest BCUT2D eigenvalue weighted by Crippen LogP contribution is -2.46. The molecule has 0 aromatic heterocycles. The Morgan fingerprint density at radius 2 is 1.94 bits per heavy atom. The van der Waals surface area contributed by atoms with Crippen molar-refractivity contribution in [2.24, 2.45) is 0 Å². The predicted octanol–water partition coefficient (Wildman–Crippen LogP) is 2.66. The average Bonchev–Trinajstić information content (AvgIpc) is 2.41. The quantitative estimate of drug-likeness (QED) is 0.931. The van der Waals surface area contributed by atoms with Gasteiger partial charge >= 0.3 is 0 Å². The summed E-state index contributed by atoms with van der Waals surface area (Å²) in [6.45, 7) is 4.85. The van der Waals surface area contributed by atoms with Crippen LogP contribution in [0.3, 0.4) is 0 Å². The third-order valence-electron chi connectivity index (χ3n) is 3.44. The zero-order chi connectivity index (χ0) is 13.0. The zero-order valence-corrected chi connectivity index (χ0v) is 12.2. The van der Waals surface area contributed by atoms with Crippen molar-refractivity contribution in [3.05, 3.63) is 34.3 Å². The summed E-state index contributed by atoms with van der Waals surface area (Å²) < 4.78 is 1.00. The number of carbonyl (C=O) groups excluding carboxylic acids is 1. The van der Waals surface area contributed by atoms with Crippen LogP contribution in [0.5, 0.6) is 0 Å². The van der Waals surface area contributed by atoms with E-state index in [4.69, 9.17) is 0 Å². The second-order valence-corrected chi connectivity index (χ2v) is 5.49. The molecule has 1 heterocycles. The minimum absolute atomic E-state index is 0.150. The lowest BCUT2D eigenvalue weighted by atomic mass is 10.0. The van der Waals surface area contributed by atoms with Gasteiger partial charge in [-0.15, -0.1) is 0 Å². The van der Waals surface area contributed by atoms with Gasteiger partial charge < -0.3 is 10.2 Å². The number of benzene rings is 1. The molecule has 18 heavy (non-hydrogen) atoms. The molecule has 1 aliphatic rings. The standard InChI is InChI=1S/C14H19BrN2O/c1-2-17(13-7-9-16-10-8-13)14(18)11-3-5-12(15)6-4-11/h3-6,13,16H,2,7-10H2,1H3. The molecule has 1 aromatic carbocycles. The van der Waals surface area contributed by atoms with Gasteiger partial charge in [0.2, 0.25) is 0 Å². The van der Waals surface area contributed by atoms with Gasteiger partial charge in [0, 0.05) is 22.6 Å². The Balaban J connectivity index is 2.11. The summed E-state index contributed by atoms with van der Waals surface area (Å²) in [7, 11) is 0. The van der Waals surface area contributed by atoms with Crippen molar-refractivity contribution in [3.63, 3.8) is 0 Å². The minimum atomic E-state index is 0.150. The molecule has 4 heteroatoms. The topological polar surface area (TPSA) is 32.3 Å². The molecule has 1 saturated heterocycles. The van der Waals surface area contributed by atoms with E-state index in [0.717, 1.165) is 42.5 Å². The van der Waals surface area contributed by atoms with E-state index in [1.54, 1.807) is 0 Å². The van der Waals surface area contributed by atoms with Crippen molar-refractivity contribution in [3.8, 4) is 0 Å².